The van der Waals surface area contributed by atoms with Crippen molar-refractivity contribution in [2.24, 2.45) is 0 Å². The molecule has 0 amide bonds. The summed E-state index contributed by atoms with van der Waals surface area (Å²) >= 11 is 0. The second-order valence-electron chi connectivity index (χ2n) is 2.53. The molecule has 1 atom stereocenters. The van der Waals surface area contributed by atoms with Crippen molar-refractivity contribution < 1.29 is 5.11 Å². The summed E-state index contributed by atoms with van der Waals surface area (Å²) < 4.78 is 0. The van der Waals surface area contributed by atoms with Crippen LogP contribution in [0.25, 0.3) is 0 Å². The van der Waals surface area contributed by atoms with Crippen LogP contribution in [-0.4, -0.2) is 10.1 Å². The summed E-state index contributed by atoms with van der Waals surface area (Å²) in [6, 6.07) is 3.55. The van der Waals surface area contributed by atoms with Crippen molar-refractivity contribution in [3.63, 3.8) is 0 Å². The molecule has 2 nitrogen and oxygen atoms in total. The van der Waals surface area contributed by atoms with Gasteiger partial charge in [-0.2, -0.15) is 0 Å². The van der Waals surface area contributed by atoms with Crippen LogP contribution >= 0.6 is 0 Å². The van der Waals surface area contributed by atoms with Crippen molar-refractivity contribution in [3.8, 4) is 0 Å². The van der Waals surface area contributed by atoms with E-state index in [1.165, 1.54) is 0 Å². The van der Waals surface area contributed by atoms with Crippen LogP contribution in [0.15, 0.2) is 36.7 Å². The largest absolute Gasteiger partial charge is 0.384 e. The van der Waals surface area contributed by atoms with Crippen molar-refractivity contribution >= 4 is 0 Å². The van der Waals surface area contributed by atoms with Crippen molar-refractivity contribution in [1.29, 1.82) is 0 Å². The molecule has 0 aromatic carbocycles. The van der Waals surface area contributed by atoms with E-state index in [9.17, 15) is 5.11 Å². The van der Waals surface area contributed by atoms with E-state index < -0.39 is 6.10 Å². The average Bonchev–Trinajstić information content (AvgIpc) is 2.05. The van der Waals surface area contributed by atoms with Crippen molar-refractivity contribution in [2.75, 3.05) is 0 Å². The SMILES string of the molecule is C=C(C)[C@@H](O)c1ccncc1. The fourth-order valence-electron chi connectivity index (χ4n) is 0.830. The van der Waals surface area contributed by atoms with Gasteiger partial charge in [-0.3, -0.25) is 4.98 Å². The number of hydrogen-bond donors (Lipinski definition) is 1. The Bertz CT molecular complexity index is 243. The number of nitrogens with zero attached hydrogens (tertiary/aromatic N) is 1. The van der Waals surface area contributed by atoms with Gasteiger partial charge in [-0.05, 0) is 30.2 Å². The monoisotopic (exact) mass is 149 g/mol. The number of aliphatic hydroxyl groups is 1. The first-order chi connectivity index (χ1) is 5.22. The van der Waals surface area contributed by atoms with Gasteiger partial charge in [0.1, 0.15) is 0 Å². The van der Waals surface area contributed by atoms with E-state index in [0.717, 1.165) is 11.1 Å². The summed E-state index contributed by atoms with van der Waals surface area (Å²) in [5.41, 5.74) is 1.59. The number of hydrogen-bond acceptors (Lipinski definition) is 2. The van der Waals surface area contributed by atoms with E-state index in [0.29, 0.717) is 0 Å². The van der Waals surface area contributed by atoms with Crippen LogP contribution in [0.4, 0.5) is 0 Å². The fraction of sp³-hybridized carbons (Fsp3) is 0.222. The Morgan fingerprint density at radius 2 is 2.09 bits per heavy atom. The van der Waals surface area contributed by atoms with Crippen LogP contribution in [-0.2, 0) is 0 Å². The summed E-state index contributed by atoms with van der Waals surface area (Å²) in [5, 5.41) is 9.47. The number of pyridine rings is 1. The highest BCUT2D eigenvalue weighted by Gasteiger charge is 2.05. The Morgan fingerprint density at radius 3 is 2.55 bits per heavy atom. The fourth-order valence-corrected chi connectivity index (χ4v) is 0.830. The molecule has 1 heterocycles. The molecule has 0 saturated heterocycles. The number of aliphatic hydroxyl groups excluding tert-OH is 1. The second-order valence-corrected chi connectivity index (χ2v) is 2.53. The summed E-state index contributed by atoms with van der Waals surface area (Å²) in [7, 11) is 0. The molecule has 0 aliphatic rings. The minimum atomic E-state index is -0.557. The molecule has 0 saturated carbocycles. The van der Waals surface area contributed by atoms with Gasteiger partial charge in [-0.1, -0.05) is 6.58 Å². The van der Waals surface area contributed by atoms with Crippen LogP contribution in [0.3, 0.4) is 0 Å². The molecule has 0 radical (unpaired) electrons. The van der Waals surface area contributed by atoms with Gasteiger partial charge in [0.2, 0.25) is 0 Å². The molecule has 0 unspecified atom stereocenters. The van der Waals surface area contributed by atoms with Gasteiger partial charge in [-0.15, -0.1) is 0 Å². The molecule has 0 aliphatic carbocycles. The Balaban J connectivity index is 2.85. The predicted molar refractivity (Wildman–Crippen MR) is 44.0 cm³/mol. The Morgan fingerprint density at radius 1 is 1.55 bits per heavy atom. The van der Waals surface area contributed by atoms with Crippen molar-refractivity contribution in [1.82, 2.24) is 4.98 Å². The predicted octanol–water partition coefficient (Wildman–Crippen LogP) is 1.69. The van der Waals surface area contributed by atoms with E-state index in [4.69, 9.17) is 0 Å². The van der Waals surface area contributed by atoms with Gasteiger partial charge < -0.3 is 5.11 Å². The zero-order valence-corrected chi connectivity index (χ0v) is 6.49. The van der Waals surface area contributed by atoms with E-state index in [1.54, 1.807) is 31.5 Å². The van der Waals surface area contributed by atoms with Crippen molar-refractivity contribution in [3.05, 3.63) is 42.2 Å². The lowest BCUT2D eigenvalue weighted by Gasteiger charge is -2.08. The molecular weight excluding hydrogens is 138 g/mol. The van der Waals surface area contributed by atoms with E-state index in [2.05, 4.69) is 11.6 Å². The highest BCUT2D eigenvalue weighted by Crippen LogP contribution is 2.17. The molecule has 0 aliphatic heterocycles. The molecule has 1 rings (SSSR count). The van der Waals surface area contributed by atoms with Gasteiger partial charge >= 0.3 is 0 Å². The van der Waals surface area contributed by atoms with Gasteiger partial charge in [0.25, 0.3) is 0 Å². The Kier molecular flexibility index (Phi) is 2.39. The second kappa shape index (κ2) is 3.30. The first-order valence-corrected chi connectivity index (χ1v) is 3.45. The van der Waals surface area contributed by atoms with Gasteiger partial charge in [0.15, 0.2) is 0 Å². The Hall–Kier alpha value is -1.15. The van der Waals surface area contributed by atoms with E-state index in [-0.39, 0.29) is 0 Å². The minimum absolute atomic E-state index is 0.557. The molecule has 0 bridgehead atoms. The van der Waals surface area contributed by atoms with Crippen LogP contribution in [0.1, 0.15) is 18.6 Å². The molecule has 0 spiro atoms. The lowest BCUT2D eigenvalue weighted by Crippen LogP contribution is -1.97. The van der Waals surface area contributed by atoms with Crippen LogP contribution in [0.5, 0.6) is 0 Å². The van der Waals surface area contributed by atoms with E-state index >= 15 is 0 Å². The number of rotatable bonds is 2. The average molecular weight is 149 g/mol. The molecule has 1 aromatic heterocycles. The van der Waals surface area contributed by atoms with Gasteiger partial charge in [0.05, 0.1) is 6.10 Å². The zero-order valence-electron chi connectivity index (χ0n) is 6.49. The summed E-state index contributed by atoms with van der Waals surface area (Å²) in [5.74, 6) is 0. The smallest absolute Gasteiger partial charge is 0.0996 e. The molecule has 2 heteroatoms. The van der Waals surface area contributed by atoms with Crippen LogP contribution < -0.4 is 0 Å². The van der Waals surface area contributed by atoms with E-state index in [1.807, 2.05) is 0 Å². The first kappa shape index (κ1) is 7.95. The standard InChI is InChI=1S/C9H11NO/c1-7(2)9(11)8-3-5-10-6-4-8/h3-6,9,11H,1H2,2H3/t9-/m1/s1. The highest BCUT2D eigenvalue weighted by atomic mass is 16.3. The molecule has 0 fully saturated rings. The quantitative estimate of drug-likeness (QED) is 0.649. The van der Waals surface area contributed by atoms with Crippen molar-refractivity contribution in [2.45, 2.75) is 13.0 Å². The van der Waals surface area contributed by atoms with Crippen LogP contribution in [0.2, 0.25) is 0 Å². The number of aromatic nitrogens is 1. The lowest BCUT2D eigenvalue weighted by atomic mass is 10.1. The summed E-state index contributed by atoms with van der Waals surface area (Å²) in [4.78, 5) is 3.85. The summed E-state index contributed by atoms with van der Waals surface area (Å²) in [6.07, 6.45) is 2.75. The maximum atomic E-state index is 9.47. The third kappa shape index (κ3) is 1.88. The molecule has 11 heavy (non-hydrogen) atoms. The zero-order chi connectivity index (χ0) is 8.27. The lowest BCUT2D eigenvalue weighted by molar-refractivity contribution is 0.216. The molecule has 58 valence electrons. The molecular formula is C9H11NO. The minimum Gasteiger partial charge on any atom is -0.384 e. The maximum absolute atomic E-state index is 9.47. The molecule has 1 N–H and O–H groups in total. The highest BCUT2D eigenvalue weighted by molar-refractivity contribution is 5.20. The topological polar surface area (TPSA) is 33.1 Å². The third-order valence-electron chi connectivity index (χ3n) is 1.49. The normalized spacial score (nSPS) is 12.5. The van der Waals surface area contributed by atoms with Crippen LogP contribution in [0, 0.1) is 0 Å². The third-order valence-corrected chi connectivity index (χ3v) is 1.49. The maximum Gasteiger partial charge on any atom is 0.0996 e. The Labute approximate surface area is 66.2 Å². The first-order valence-electron chi connectivity index (χ1n) is 3.45. The molecule has 1 aromatic rings. The van der Waals surface area contributed by atoms with Gasteiger partial charge in [0, 0.05) is 12.4 Å². The summed E-state index contributed by atoms with van der Waals surface area (Å²) in [6.45, 7) is 5.46. The van der Waals surface area contributed by atoms with Gasteiger partial charge in [-0.25, -0.2) is 0 Å².